The first kappa shape index (κ1) is 17.9. The van der Waals surface area contributed by atoms with E-state index >= 15 is 0 Å². The van der Waals surface area contributed by atoms with Gasteiger partial charge in [0.25, 0.3) is 0 Å². The Morgan fingerprint density at radius 3 is 2.33 bits per heavy atom. The quantitative estimate of drug-likeness (QED) is 0.857. The van der Waals surface area contributed by atoms with E-state index in [0.717, 1.165) is 63.7 Å². The molecule has 2 aromatic rings. The molecule has 0 amide bonds. The number of piperazine rings is 1. The highest BCUT2D eigenvalue weighted by Crippen LogP contribution is 2.23. The van der Waals surface area contributed by atoms with E-state index in [1.807, 2.05) is 0 Å². The topological polar surface area (TPSA) is 66.4 Å². The molecule has 0 aliphatic carbocycles. The number of aromatic nitrogens is 3. The van der Waals surface area contributed by atoms with E-state index in [2.05, 4.69) is 30.1 Å². The van der Waals surface area contributed by atoms with Gasteiger partial charge in [0.05, 0.1) is 25.2 Å². The number of nitrogens with one attached hydrogen (secondary N) is 1. The fourth-order valence-electron chi connectivity index (χ4n) is 3.53. The molecule has 1 N–H and O–H groups in total. The molecule has 4 rings (SSSR count). The first-order valence-electron chi connectivity index (χ1n) is 9.55. The van der Waals surface area contributed by atoms with Gasteiger partial charge in [0.1, 0.15) is 17.5 Å². The molecule has 0 radical (unpaired) electrons. The van der Waals surface area contributed by atoms with E-state index < -0.39 is 0 Å². The maximum Gasteiger partial charge on any atom is 0.232 e. The van der Waals surface area contributed by atoms with E-state index in [9.17, 15) is 4.39 Å². The molecule has 8 heteroatoms. The minimum Gasteiger partial charge on any atom is -0.476 e. The number of piperidine rings is 1. The molecule has 2 saturated heterocycles. The zero-order valence-corrected chi connectivity index (χ0v) is 15.4. The standard InChI is InChI=1S/C19H25FN6O/c20-16-1-2-17(22-11-16)25-7-3-15(4-8-25)14-27-19-13-23-18(12-24-19)26-9-5-21-6-10-26/h1-2,11-13,15,21H,3-10,14H2. The summed E-state index contributed by atoms with van der Waals surface area (Å²) < 4.78 is 18.9. The van der Waals surface area contributed by atoms with Crippen LogP contribution in [0, 0.1) is 11.7 Å². The molecule has 0 saturated carbocycles. The van der Waals surface area contributed by atoms with Gasteiger partial charge in [-0.1, -0.05) is 0 Å². The summed E-state index contributed by atoms with van der Waals surface area (Å²) in [5.41, 5.74) is 0. The first-order valence-corrected chi connectivity index (χ1v) is 9.55. The fraction of sp³-hybridized carbons (Fsp3) is 0.526. The van der Waals surface area contributed by atoms with E-state index in [1.165, 1.54) is 12.3 Å². The van der Waals surface area contributed by atoms with Crippen molar-refractivity contribution in [3.05, 3.63) is 36.5 Å². The van der Waals surface area contributed by atoms with Gasteiger partial charge in [0.15, 0.2) is 0 Å². The summed E-state index contributed by atoms with van der Waals surface area (Å²) in [4.78, 5) is 17.5. The van der Waals surface area contributed by atoms with E-state index in [-0.39, 0.29) is 5.82 Å². The average molecular weight is 372 g/mol. The minimum absolute atomic E-state index is 0.300. The van der Waals surface area contributed by atoms with Crippen molar-refractivity contribution in [1.82, 2.24) is 20.3 Å². The number of pyridine rings is 1. The SMILES string of the molecule is Fc1ccc(N2CCC(COc3cnc(N4CCNCC4)cn3)CC2)nc1. The lowest BCUT2D eigenvalue weighted by atomic mass is 9.98. The number of hydrogen-bond donors (Lipinski definition) is 1. The van der Waals surface area contributed by atoms with Crippen LogP contribution in [0.2, 0.25) is 0 Å². The van der Waals surface area contributed by atoms with Crippen LogP contribution in [0.1, 0.15) is 12.8 Å². The molecule has 2 aliphatic rings. The number of rotatable bonds is 5. The molecule has 27 heavy (non-hydrogen) atoms. The molecular weight excluding hydrogens is 347 g/mol. The molecule has 0 unspecified atom stereocenters. The summed E-state index contributed by atoms with van der Waals surface area (Å²) in [6.07, 6.45) is 6.82. The van der Waals surface area contributed by atoms with Crippen LogP contribution in [0.3, 0.4) is 0 Å². The van der Waals surface area contributed by atoms with Crippen molar-refractivity contribution < 1.29 is 9.13 Å². The molecule has 2 fully saturated rings. The normalized spacial score (nSPS) is 18.6. The molecule has 0 aromatic carbocycles. The van der Waals surface area contributed by atoms with Gasteiger partial charge in [-0.2, -0.15) is 0 Å². The van der Waals surface area contributed by atoms with Gasteiger partial charge in [-0.3, -0.25) is 0 Å². The summed E-state index contributed by atoms with van der Waals surface area (Å²) in [7, 11) is 0. The van der Waals surface area contributed by atoms with Crippen LogP contribution in [0.5, 0.6) is 5.88 Å². The number of halogens is 1. The zero-order valence-electron chi connectivity index (χ0n) is 15.4. The van der Waals surface area contributed by atoms with E-state index in [1.54, 1.807) is 18.5 Å². The molecule has 2 aromatic heterocycles. The Hall–Kier alpha value is -2.48. The van der Waals surface area contributed by atoms with Crippen LogP contribution in [-0.4, -0.2) is 60.8 Å². The highest BCUT2D eigenvalue weighted by Gasteiger charge is 2.21. The third-order valence-electron chi connectivity index (χ3n) is 5.17. The van der Waals surface area contributed by atoms with Crippen LogP contribution in [0.4, 0.5) is 16.0 Å². The summed E-state index contributed by atoms with van der Waals surface area (Å²) in [5.74, 6) is 2.51. The Kier molecular flexibility index (Phi) is 5.62. The van der Waals surface area contributed by atoms with Crippen molar-refractivity contribution in [2.24, 2.45) is 5.92 Å². The van der Waals surface area contributed by atoms with Crippen molar-refractivity contribution in [1.29, 1.82) is 0 Å². The second-order valence-corrected chi connectivity index (χ2v) is 7.03. The predicted molar refractivity (Wildman–Crippen MR) is 102 cm³/mol. The molecule has 144 valence electrons. The number of ether oxygens (including phenoxy) is 1. The molecule has 0 spiro atoms. The van der Waals surface area contributed by atoms with Crippen molar-refractivity contribution in [2.45, 2.75) is 12.8 Å². The minimum atomic E-state index is -0.300. The third kappa shape index (κ3) is 4.63. The molecule has 0 atom stereocenters. The second kappa shape index (κ2) is 8.47. The van der Waals surface area contributed by atoms with Gasteiger partial charge in [-0.15, -0.1) is 0 Å². The molecule has 0 bridgehead atoms. The zero-order chi connectivity index (χ0) is 18.5. The summed E-state index contributed by atoms with van der Waals surface area (Å²) in [6, 6.07) is 3.20. The van der Waals surface area contributed by atoms with Gasteiger partial charge in [0, 0.05) is 39.3 Å². The highest BCUT2D eigenvalue weighted by atomic mass is 19.1. The van der Waals surface area contributed by atoms with E-state index in [4.69, 9.17) is 4.74 Å². The maximum atomic E-state index is 13.0. The molecular formula is C19H25FN6O. The van der Waals surface area contributed by atoms with Gasteiger partial charge in [0.2, 0.25) is 5.88 Å². The van der Waals surface area contributed by atoms with Gasteiger partial charge < -0.3 is 19.9 Å². The first-order chi connectivity index (χ1) is 13.3. The molecule has 7 nitrogen and oxygen atoms in total. The lowest BCUT2D eigenvalue weighted by molar-refractivity contribution is 0.215. The lowest BCUT2D eigenvalue weighted by Crippen LogP contribution is -2.43. The highest BCUT2D eigenvalue weighted by molar-refractivity contribution is 5.38. The number of nitrogens with zero attached hydrogens (tertiary/aromatic N) is 5. The van der Waals surface area contributed by atoms with Crippen LogP contribution >= 0.6 is 0 Å². The summed E-state index contributed by atoms with van der Waals surface area (Å²) in [5, 5.41) is 3.33. The van der Waals surface area contributed by atoms with E-state index in [0.29, 0.717) is 18.4 Å². The Balaban J connectivity index is 1.23. The third-order valence-corrected chi connectivity index (χ3v) is 5.17. The number of hydrogen-bond acceptors (Lipinski definition) is 7. The Morgan fingerprint density at radius 2 is 1.67 bits per heavy atom. The van der Waals surface area contributed by atoms with Crippen molar-refractivity contribution in [3.63, 3.8) is 0 Å². The Morgan fingerprint density at radius 1 is 0.926 bits per heavy atom. The van der Waals surface area contributed by atoms with Crippen molar-refractivity contribution in [2.75, 3.05) is 55.7 Å². The van der Waals surface area contributed by atoms with Gasteiger partial charge in [-0.25, -0.2) is 19.3 Å². The Labute approximate surface area is 158 Å². The van der Waals surface area contributed by atoms with Crippen LogP contribution < -0.4 is 19.9 Å². The van der Waals surface area contributed by atoms with Gasteiger partial charge in [-0.05, 0) is 30.9 Å². The smallest absolute Gasteiger partial charge is 0.232 e. The predicted octanol–water partition coefficient (Wildman–Crippen LogP) is 1.72. The second-order valence-electron chi connectivity index (χ2n) is 7.03. The fourth-order valence-corrected chi connectivity index (χ4v) is 3.53. The summed E-state index contributed by atoms with van der Waals surface area (Å²) in [6.45, 7) is 6.32. The molecule has 2 aliphatic heterocycles. The largest absolute Gasteiger partial charge is 0.476 e. The lowest BCUT2D eigenvalue weighted by Gasteiger charge is -2.32. The van der Waals surface area contributed by atoms with Crippen molar-refractivity contribution in [3.8, 4) is 5.88 Å². The van der Waals surface area contributed by atoms with Crippen LogP contribution in [-0.2, 0) is 0 Å². The van der Waals surface area contributed by atoms with Gasteiger partial charge >= 0.3 is 0 Å². The maximum absolute atomic E-state index is 13.0. The van der Waals surface area contributed by atoms with Crippen LogP contribution in [0.25, 0.3) is 0 Å². The number of anilines is 2. The van der Waals surface area contributed by atoms with Crippen LogP contribution in [0.15, 0.2) is 30.7 Å². The van der Waals surface area contributed by atoms with Crippen molar-refractivity contribution >= 4 is 11.6 Å². The monoisotopic (exact) mass is 372 g/mol. The molecule has 4 heterocycles. The Bertz CT molecular complexity index is 712. The average Bonchev–Trinajstić information content (AvgIpc) is 2.74. The summed E-state index contributed by atoms with van der Waals surface area (Å²) >= 11 is 0.